The van der Waals surface area contributed by atoms with Crippen LogP contribution in [0.2, 0.25) is 0 Å². The zero-order valence-electron chi connectivity index (χ0n) is 14.5. The van der Waals surface area contributed by atoms with Gasteiger partial charge in [0.1, 0.15) is 6.54 Å². The summed E-state index contributed by atoms with van der Waals surface area (Å²) in [4.78, 5) is 14.6. The molecular formula is C16H26N4O3S. The summed E-state index contributed by atoms with van der Waals surface area (Å²) in [6.45, 7) is 1.64. The molecule has 8 heteroatoms. The van der Waals surface area contributed by atoms with E-state index in [0.717, 1.165) is 34.5 Å². The molecule has 0 aliphatic carbocycles. The van der Waals surface area contributed by atoms with Gasteiger partial charge in [-0.25, -0.2) is 4.31 Å². The Kier molecular flexibility index (Phi) is 6.20. The highest BCUT2D eigenvalue weighted by Crippen LogP contribution is 2.18. The minimum absolute atomic E-state index is 0.105. The van der Waals surface area contributed by atoms with Gasteiger partial charge in [-0.05, 0) is 45.1 Å². The number of amides is 1. The number of hydrogen-bond donors (Lipinski definition) is 1. The van der Waals surface area contributed by atoms with Crippen LogP contribution in [0.25, 0.3) is 0 Å². The Morgan fingerprint density at radius 3 is 2.33 bits per heavy atom. The molecule has 0 unspecified atom stereocenters. The smallest absolute Gasteiger partial charge is 0.304 e. The van der Waals surface area contributed by atoms with Crippen LogP contribution < -0.4 is 9.62 Å². The fraction of sp³-hybridized carbons (Fsp3) is 0.562. The first-order valence-electron chi connectivity index (χ1n) is 8.04. The van der Waals surface area contributed by atoms with Crippen LogP contribution in [0, 0.1) is 0 Å². The Morgan fingerprint density at radius 1 is 1.21 bits per heavy atom. The van der Waals surface area contributed by atoms with Crippen LogP contribution >= 0.6 is 0 Å². The molecule has 1 amide bonds. The summed E-state index contributed by atoms with van der Waals surface area (Å²) in [5.41, 5.74) is 0.477. The van der Waals surface area contributed by atoms with E-state index >= 15 is 0 Å². The summed E-state index contributed by atoms with van der Waals surface area (Å²) in [7, 11) is 1.23. The number of hydrogen-bond acceptors (Lipinski definition) is 4. The van der Waals surface area contributed by atoms with Crippen LogP contribution in [0.5, 0.6) is 0 Å². The van der Waals surface area contributed by atoms with Gasteiger partial charge in [-0.3, -0.25) is 4.79 Å². The third-order valence-corrected chi connectivity index (χ3v) is 5.97. The van der Waals surface area contributed by atoms with E-state index in [2.05, 4.69) is 17.3 Å². The van der Waals surface area contributed by atoms with E-state index in [1.807, 2.05) is 6.07 Å². The molecule has 0 aromatic heterocycles. The Morgan fingerprint density at radius 2 is 1.79 bits per heavy atom. The Hall–Kier alpha value is -1.64. The second-order valence-corrected chi connectivity index (χ2v) is 8.34. The number of likely N-dealkylation sites (tertiary alicyclic amines) is 1. The highest BCUT2D eigenvalue weighted by Gasteiger charge is 2.28. The van der Waals surface area contributed by atoms with Crippen LogP contribution in [-0.4, -0.2) is 70.3 Å². The van der Waals surface area contributed by atoms with Crippen molar-refractivity contribution >= 4 is 21.8 Å². The quantitative estimate of drug-likeness (QED) is 0.808. The fourth-order valence-corrected chi connectivity index (χ4v) is 3.72. The minimum Gasteiger partial charge on any atom is -0.352 e. The van der Waals surface area contributed by atoms with E-state index in [0.29, 0.717) is 5.69 Å². The average molecular weight is 354 g/mol. The third-order valence-electron chi connectivity index (χ3n) is 4.16. The molecule has 1 fully saturated rings. The first-order chi connectivity index (χ1) is 11.3. The van der Waals surface area contributed by atoms with Gasteiger partial charge in [0, 0.05) is 20.1 Å². The molecule has 0 atom stereocenters. The molecule has 0 bridgehead atoms. The van der Waals surface area contributed by atoms with Gasteiger partial charge >= 0.3 is 10.2 Å². The summed E-state index contributed by atoms with van der Waals surface area (Å²) >= 11 is 0. The summed E-state index contributed by atoms with van der Waals surface area (Å²) in [6, 6.07) is 8.79. The normalized spacial score (nSPS) is 17.0. The van der Waals surface area contributed by atoms with Crippen molar-refractivity contribution in [1.82, 2.24) is 14.5 Å². The van der Waals surface area contributed by atoms with Crippen molar-refractivity contribution in [2.45, 2.75) is 18.9 Å². The largest absolute Gasteiger partial charge is 0.352 e. The molecule has 134 valence electrons. The van der Waals surface area contributed by atoms with Crippen LogP contribution in [-0.2, 0) is 15.0 Å². The predicted molar refractivity (Wildman–Crippen MR) is 95.1 cm³/mol. The highest BCUT2D eigenvalue weighted by atomic mass is 32.2. The van der Waals surface area contributed by atoms with Crippen molar-refractivity contribution in [1.29, 1.82) is 0 Å². The maximum atomic E-state index is 12.6. The van der Waals surface area contributed by atoms with Gasteiger partial charge in [0.15, 0.2) is 0 Å². The number of nitrogens with one attached hydrogen (secondary N) is 1. The summed E-state index contributed by atoms with van der Waals surface area (Å²) in [5, 5.41) is 2.96. The zero-order valence-corrected chi connectivity index (χ0v) is 15.3. The first kappa shape index (κ1) is 18.7. The molecule has 1 aliphatic rings. The van der Waals surface area contributed by atoms with Gasteiger partial charge < -0.3 is 10.2 Å². The molecule has 0 spiro atoms. The van der Waals surface area contributed by atoms with Crippen LogP contribution in [0.1, 0.15) is 12.8 Å². The lowest BCUT2D eigenvalue weighted by atomic mass is 10.1. The molecule has 1 saturated heterocycles. The topological polar surface area (TPSA) is 73.0 Å². The van der Waals surface area contributed by atoms with Crippen molar-refractivity contribution in [2.75, 3.05) is 45.1 Å². The molecule has 7 nitrogen and oxygen atoms in total. The fourth-order valence-electron chi connectivity index (χ4n) is 2.65. The number of carbonyl (C=O) groups is 1. The Balaban J connectivity index is 2.10. The molecular weight excluding hydrogens is 328 g/mol. The Labute approximate surface area is 144 Å². The van der Waals surface area contributed by atoms with Crippen molar-refractivity contribution in [2.24, 2.45) is 0 Å². The van der Waals surface area contributed by atoms with E-state index in [-0.39, 0.29) is 18.5 Å². The minimum atomic E-state index is -3.74. The molecule has 1 heterocycles. The lowest BCUT2D eigenvalue weighted by Gasteiger charge is -2.31. The monoisotopic (exact) mass is 354 g/mol. The number of carbonyl (C=O) groups excluding carboxylic acids is 1. The number of anilines is 1. The van der Waals surface area contributed by atoms with Crippen molar-refractivity contribution < 1.29 is 13.2 Å². The Bertz CT molecular complexity index is 641. The summed E-state index contributed by atoms with van der Waals surface area (Å²) < 4.78 is 27.4. The maximum absolute atomic E-state index is 12.6. The van der Waals surface area contributed by atoms with E-state index < -0.39 is 10.2 Å². The van der Waals surface area contributed by atoms with Gasteiger partial charge in [-0.15, -0.1) is 0 Å². The summed E-state index contributed by atoms with van der Waals surface area (Å²) in [5.74, 6) is -0.279. The van der Waals surface area contributed by atoms with Crippen LogP contribution in [0.3, 0.4) is 0 Å². The number of piperidine rings is 1. The molecule has 1 aliphatic heterocycles. The zero-order chi connectivity index (χ0) is 17.7. The van der Waals surface area contributed by atoms with E-state index in [9.17, 15) is 13.2 Å². The molecule has 1 N–H and O–H groups in total. The maximum Gasteiger partial charge on any atom is 0.304 e. The third kappa shape index (κ3) is 4.68. The second kappa shape index (κ2) is 7.96. The first-order valence-corrected chi connectivity index (χ1v) is 9.43. The standard InChI is InChI=1S/C16H26N4O3S/c1-18(2)24(22,23)20(15-7-5-4-6-8-15)13-16(21)17-14-9-11-19(3)12-10-14/h4-8,14H,9-13H2,1-3H3,(H,17,21). The highest BCUT2D eigenvalue weighted by molar-refractivity contribution is 7.90. The number of benzene rings is 1. The number of para-hydroxylation sites is 1. The molecule has 0 radical (unpaired) electrons. The van der Waals surface area contributed by atoms with Crippen molar-refractivity contribution in [3.05, 3.63) is 30.3 Å². The van der Waals surface area contributed by atoms with Gasteiger partial charge in [0.2, 0.25) is 5.91 Å². The average Bonchev–Trinajstić information content (AvgIpc) is 2.55. The lowest BCUT2D eigenvalue weighted by molar-refractivity contribution is -0.120. The van der Waals surface area contributed by atoms with Gasteiger partial charge in [-0.1, -0.05) is 18.2 Å². The van der Waals surface area contributed by atoms with Gasteiger partial charge in [-0.2, -0.15) is 12.7 Å². The number of nitrogens with zero attached hydrogens (tertiary/aromatic N) is 3. The van der Waals surface area contributed by atoms with E-state index in [1.165, 1.54) is 14.1 Å². The lowest BCUT2D eigenvalue weighted by Crippen LogP contribution is -2.49. The van der Waals surface area contributed by atoms with Gasteiger partial charge in [0.05, 0.1) is 5.69 Å². The molecule has 1 aromatic rings. The van der Waals surface area contributed by atoms with Crippen molar-refractivity contribution in [3.8, 4) is 0 Å². The van der Waals surface area contributed by atoms with Gasteiger partial charge in [0.25, 0.3) is 0 Å². The molecule has 2 rings (SSSR count). The van der Waals surface area contributed by atoms with E-state index in [4.69, 9.17) is 0 Å². The molecule has 1 aromatic carbocycles. The van der Waals surface area contributed by atoms with Crippen molar-refractivity contribution in [3.63, 3.8) is 0 Å². The summed E-state index contributed by atoms with van der Waals surface area (Å²) in [6.07, 6.45) is 1.77. The predicted octanol–water partition coefficient (Wildman–Crippen LogP) is 0.510. The molecule has 0 saturated carbocycles. The molecule has 24 heavy (non-hydrogen) atoms. The van der Waals surface area contributed by atoms with Crippen LogP contribution in [0.4, 0.5) is 5.69 Å². The van der Waals surface area contributed by atoms with E-state index in [1.54, 1.807) is 24.3 Å². The SMILES string of the molecule is CN1CCC(NC(=O)CN(c2ccccc2)S(=O)(=O)N(C)C)CC1. The van der Waals surface area contributed by atoms with Crippen LogP contribution in [0.15, 0.2) is 30.3 Å². The second-order valence-electron chi connectivity index (χ2n) is 6.28. The number of rotatable bonds is 6.